The van der Waals surface area contributed by atoms with Gasteiger partial charge in [0.2, 0.25) is 5.91 Å². The normalized spacial score (nSPS) is 25.8. The van der Waals surface area contributed by atoms with E-state index in [4.69, 9.17) is 5.73 Å². The lowest BCUT2D eigenvalue weighted by Crippen LogP contribution is -2.51. The quantitative estimate of drug-likeness (QED) is 0.822. The minimum Gasteiger partial charge on any atom is -0.388 e. The molecule has 1 amide bonds. The summed E-state index contributed by atoms with van der Waals surface area (Å²) in [4.78, 5) is 13.9. The maximum atomic E-state index is 12.3. The van der Waals surface area contributed by atoms with Gasteiger partial charge >= 0.3 is 0 Å². The van der Waals surface area contributed by atoms with Crippen molar-refractivity contribution in [3.8, 4) is 0 Å². The van der Waals surface area contributed by atoms with E-state index in [0.29, 0.717) is 13.1 Å². The fourth-order valence-corrected chi connectivity index (χ4v) is 2.41. The summed E-state index contributed by atoms with van der Waals surface area (Å²) in [6, 6.07) is 8.70. The zero-order valence-electron chi connectivity index (χ0n) is 10.7. The van der Waals surface area contributed by atoms with Gasteiger partial charge in [0.15, 0.2) is 0 Å². The van der Waals surface area contributed by atoms with Crippen LogP contribution in [0.1, 0.15) is 31.4 Å². The molecule has 1 unspecified atom stereocenters. The molecule has 18 heavy (non-hydrogen) atoms. The number of nitrogens with zero attached hydrogens (tertiary/aromatic N) is 1. The summed E-state index contributed by atoms with van der Waals surface area (Å²) in [5.41, 5.74) is 6.01. The largest absolute Gasteiger partial charge is 0.388 e. The molecule has 4 nitrogen and oxygen atoms in total. The Kier molecular flexibility index (Phi) is 3.68. The molecule has 1 aromatic carbocycles. The van der Waals surface area contributed by atoms with Gasteiger partial charge in [-0.25, -0.2) is 0 Å². The van der Waals surface area contributed by atoms with E-state index >= 15 is 0 Å². The molecule has 1 aliphatic rings. The zero-order valence-corrected chi connectivity index (χ0v) is 10.7. The molecule has 2 rings (SSSR count). The van der Waals surface area contributed by atoms with Crippen LogP contribution < -0.4 is 5.73 Å². The summed E-state index contributed by atoms with van der Waals surface area (Å²) >= 11 is 0. The minimum atomic E-state index is -0.787. The number of hydrogen-bond acceptors (Lipinski definition) is 3. The first-order valence-electron chi connectivity index (χ1n) is 6.31. The average molecular weight is 248 g/mol. The Morgan fingerprint density at radius 1 is 1.44 bits per heavy atom. The van der Waals surface area contributed by atoms with E-state index in [2.05, 4.69) is 0 Å². The Hall–Kier alpha value is -1.39. The van der Waals surface area contributed by atoms with E-state index in [0.717, 1.165) is 18.4 Å². The number of benzene rings is 1. The smallest absolute Gasteiger partial charge is 0.244 e. The third-order valence-corrected chi connectivity index (χ3v) is 3.41. The van der Waals surface area contributed by atoms with Crippen molar-refractivity contribution in [2.24, 2.45) is 5.73 Å². The van der Waals surface area contributed by atoms with Gasteiger partial charge in [0.25, 0.3) is 0 Å². The molecule has 0 aliphatic carbocycles. The van der Waals surface area contributed by atoms with E-state index in [-0.39, 0.29) is 5.91 Å². The molecule has 0 spiro atoms. The van der Waals surface area contributed by atoms with Crippen LogP contribution in [0.4, 0.5) is 0 Å². The zero-order chi connectivity index (χ0) is 13.2. The molecule has 3 N–H and O–H groups in total. The lowest BCUT2D eigenvalue weighted by Gasteiger charge is -2.38. The number of β-amino-alcohol motifs (C(OH)–C–C–N with tert-alkyl or cyclic N) is 1. The van der Waals surface area contributed by atoms with Crippen molar-refractivity contribution in [1.29, 1.82) is 0 Å². The van der Waals surface area contributed by atoms with Crippen molar-refractivity contribution >= 4 is 5.91 Å². The second kappa shape index (κ2) is 5.08. The van der Waals surface area contributed by atoms with Crippen LogP contribution in [0.25, 0.3) is 0 Å². The highest BCUT2D eigenvalue weighted by Gasteiger charge is 2.33. The first kappa shape index (κ1) is 13.1. The first-order valence-corrected chi connectivity index (χ1v) is 6.31. The highest BCUT2D eigenvalue weighted by molar-refractivity contribution is 5.83. The maximum absolute atomic E-state index is 12.3. The SMILES string of the molecule is CC1(O)CCCN(C(=O)[C@H](N)c2ccccc2)C1. The van der Waals surface area contributed by atoms with Gasteiger partial charge in [-0.15, -0.1) is 0 Å². The number of amides is 1. The lowest BCUT2D eigenvalue weighted by atomic mass is 9.94. The molecule has 1 heterocycles. The van der Waals surface area contributed by atoms with Crippen molar-refractivity contribution in [3.63, 3.8) is 0 Å². The van der Waals surface area contributed by atoms with Crippen LogP contribution in [-0.2, 0) is 4.79 Å². The van der Waals surface area contributed by atoms with Crippen LogP contribution in [0.15, 0.2) is 30.3 Å². The molecular formula is C14H20N2O2. The van der Waals surface area contributed by atoms with Gasteiger partial charge in [-0.1, -0.05) is 30.3 Å². The number of aliphatic hydroxyl groups is 1. The predicted octanol–water partition coefficient (Wildman–Crippen LogP) is 1.06. The summed E-state index contributed by atoms with van der Waals surface area (Å²) < 4.78 is 0. The lowest BCUT2D eigenvalue weighted by molar-refractivity contribution is -0.139. The molecule has 0 bridgehead atoms. The Morgan fingerprint density at radius 3 is 2.72 bits per heavy atom. The van der Waals surface area contributed by atoms with Crippen LogP contribution in [-0.4, -0.2) is 34.6 Å². The third-order valence-electron chi connectivity index (χ3n) is 3.41. The van der Waals surface area contributed by atoms with Crippen LogP contribution in [0.3, 0.4) is 0 Å². The second-order valence-corrected chi connectivity index (χ2v) is 5.25. The van der Waals surface area contributed by atoms with E-state index in [1.165, 1.54) is 0 Å². The highest BCUT2D eigenvalue weighted by Crippen LogP contribution is 2.23. The fraction of sp³-hybridized carbons (Fsp3) is 0.500. The number of piperidine rings is 1. The number of nitrogens with two attached hydrogens (primary N) is 1. The minimum absolute atomic E-state index is 0.110. The van der Waals surface area contributed by atoms with E-state index < -0.39 is 11.6 Å². The predicted molar refractivity (Wildman–Crippen MR) is 69.8 cm³/mol. The van der Waals surface area contributed by atoms with Crippen molar-refractivity contribution in [3.05, 3.63) is 35.9 Å². The van der Waals surface area contributed by atoms with Gasteiger partial charge in [-0.2, -0.15) is 0 Å². The summed E-state index contributed by atoms with van der Waals surface area (Å²) in [6.45, 7) is 2.81. The molecule has 1 aliphatic heterocycles. The van der Waals surface area contributed by atoms with Crippen LogP contribution in [0.5, 0.6) is 0 Å². The Balaban J connectivity index is 2.07. The van der Waals surface area contributed by atoms with E-state index in [1.54, 1.807) is 11.8 Å². The van der Waals surface area contributed by atoms with Gasteiger partial charge in [0, 0.05) is 13.1 Å². The highest BCUT2D eigenvalue weighted by atomic mass is 16.3. The Bertz CT molecular complexity index is 417. The number of hydrogen-bond donors (Lipinski definition) is 2. The van der Waals surface area contributed by atoms with Gasteiger partial charge < -0.3 is 15.7 Å². The molecule has 4 heteroatoms. The Labute approximate surface area is 107 Å². The standard InChI is InChI=1S/C14H20N2O2/c1-14(18)8-5-9-16(10-14)13(17)12(15)11-6-3-2-4-7-11/h2-4,6-7,12,18H,5,8-10,15H2,1H3/t12-,14?/m1/s1. The molecule has 2 atom stereocenters. The van der Waals surface area contributed by atoms with Gasteiger partial charge in [-0.3, -0.25) is 4.79 Å². The van der Waals surface area contributed by atoms with Crippen molar-refractivity contribution in [2.45, 2.75) is 31.4 Å². The van der Waals surface area contributed by atoms with Gasteiger partial charge in [-0.05, 0) is 25.3 Å². The molecule has 1 saturated heterocycles. The summed E-state index contributed by atoms with van der Waals surface area (Å²) in [6.07, 6.45) is 1.55. The topological polar surface area (TPSA) is 66.6 Å². The molecule has 0 saturated carbocycles. The van der Waals surface area contributed by atoms with Crippen molar-refractivity contribution in [2.75, 3.05) is 13.1 Å². The summed E-state index contributed by atoms with van der Waals surface area (Å²) in [5, 5.41) is 10.0. The first-order chi connectivity index (χ1) is 8.49. The number of rotatable bonds is 2. The molecule has 0 radical (unpaired) electrons. The summed E-state index contributed by atoms with van der Waals surface area (Å²) in [5.74, 6) is -0.110. The number of likely N-dealkylation sites (tertiary alicyclic amines) is 1. The fourth-order valence-electron chi connectivity index (χ4n) is 2.41. The second-order valence-electron chi connectivity index (χ2n) is 5.25. The molecule has 0 aromatic heterocycles. The summed E-state index contributed by atoms with van der Waals surface area (Å²) in [7, 11) is 0. The third kappa shape index (κ3) is 2.89. The van der Waals surface area contributed by atoms with Crippen LogP contribution in [0, 0.1) is 0 Å². The van der Waals surface area contributed by atoms with Crippen LogP contribution >= 0.6 is 0 Å². The Morgan fingerprint density at radius 2 is 2.11 bits per heavy atom. The number of carbonyl (C=O) groups is 1. The average Bonchev–Trinajstić information content (AvgIpc) is 2.37. The molecule has 1 fully saturated rings. The van der Waals surface area contributed by atoms with E-state index in [9.17, 15) is 9.90 Å². The molecular weight excluding hydrogens is 228 g/mol. The van der Waals surface area contributed by atoms with Gasteiger partial charge in [0.1, 0.15) is 6.04 Å². The van der Waals surface area contributed by atoms with E-state index in [1.807, 2.05) is 30.3 Å². The number of carbonyl (C=O) groups excluding carboxylic acids is 1. The molecule has 98 valence electrons. The van der Waals surface area contributed by atoms with Gasteiger partial charge in [0.05, 0.1) is 5.60 Å². The maximum Gasteiger partial charge on any atom is 0.244 e. The monoisotopic (exact) mass is 248 g/mol. The molecule has 1 aromatic rings. The van der Waals surface area contributed by atoms with Crippen molar-refractivity contribution < 1.29 is 9.90 Å². The van der Waals surface area contributed by atoms with Crippen LogP contribution in [0.2, 0.25) is 0 Å². The van der Waals surface area contributed by atoms with Crippen molar-refractivity contribution in [1.82, 2.24) is 4.90 Å².